The topological polar surface area (TPSA) is 34.1 Å². The van der Waals surface area contributed by atoms with Crippen molar-refractivity contribution in [3.63, 3.8) is 0 Å². The standard InChI is InChI=1S/C14H19BrO2S/c1-11-3-2-4-12(7-11)8-14(9-15)13-5-6-18(16,17)10-13/h2-4,7,13-14H,5-6,8-10H2,1H3. The highest BCUT2D eigenvalue weighted by Gasteiger charge is 2.33. The van der Waals surface area contributed by atoms with Gasteiger partial charge in [-0.2, -0.15) is 0 Å². The molecule has 2 rings (SSSR count). The van der Waals surface area contributed by atoms with Crippen LogP contribution in [0.1, 0.15) is 17.5 Å². The maximum absolute atomic E-state index is 11.6. The quantitative estimate of drug-likeness (QED) is 0.795. The third-order valence-corrected chi connectivity index (χ3v) is 6.34. The normalized spacial score (nSPS) is 24.0. The van der Waals surface area contributed by atoms with E-state index in [-0.39, 0.29) is 0 Å². The van der Waals surface area contributed by atoms with Crippen LogP contribution in [0.4, 0.5) is 0 Å². The van der Waals surface area contributed by atoms with Crippen LogP contribution < -0.4 is 0 Å². The van der Waals surface area contributed by atoms with E-state index in [1.165, 1.54) is 11.1 Å². The molecular formula is C14H19BrO2S. The number of hydrogen-bond donors (Lipinski definition) is 0. The molecule has 1 aromatic rings. The predicted molar refractivity (Wildman–Crippen MR) is 78.9 cm³/mol. The fourth-order valence-corrected chi connectivity index (χ4v) is 5.36. The van der Waals surface area contributed by atoms with Crippen molar-refractivity contribution in [2.24, 2.45) is 11.8 Å². The molecule has 0 spiro atoms. The molecule has 2 atom stereocenters. The number of benzene rings is 1. The summed E-state index contributed by atoms with van der Waals surface area (Å²) in [4.78, 5) is 0. The zero-order valence-electron chi connectivity index (χ0n) is 10.6. The summed E-state index contributed by atoms with van der Waals surface area (Å²) in [6.07, 6.45) is 1.79. The minimum atomic E-state index is -2.77. The Kier molecular flexibility index (Phi) is 4.49. The van der Waals surface area contributed by atoms with Gasteiger partial charge in [-0.1, -0.05) is 45.8 Å². The molecule has 18 heavy (non-hydrogen) atoms. The van der Waals surface area contributed by atoms with Crippen LogP contribution in [-0.2, 0) is 16.3 Å². The van der Waals surface area contributed by atoms with E-state index in [0.717, 1.165) is 18.2 Å². The largest absolute Gasteiger partial charge is 0.229 e. The molecule has 1 aliphatic rings. The van der Waals surface area contributed by atoms with Gasteiger partial charge in [-0.05, 0) is 37.2 Å². The molecule has 0 bridgehead atoms. The minimum Gasteiger partial charge on any atom is -0.229 e. The van der Waals surface area contributed by atoms with E-state index in [1.54, 1.807) is 0 Å². The SMILES string of the molecule is Cc1cccc(CC(CBr)C2CCS(=O)(=O)C2)c1. The predicted octanol–water partition coefficient (Wildman–Crippen LogP) is 2.98. The minimum absolute atomic E-state index is 0.315. The molecule has 2 nitrogen and oxygen atoms in total. The highest BCUT2D eigenvalue weighted by molar-refractivity contribution is 9.09. The lowest BCUT2D eigenvalue weighted by Crippen LogP contribution is -2.20. The van der Waals surface area contributed by atoms with Gasteiger partial charge in [0.1, 0.15) is 0 Å². The highest BCUT2D eigenvalue weighted by Crippen LogP contribution is 2.30. The van der Waals surface area contributed by atoms with Crippen LogP contribution in [0.25, 0.3) is 0 Å². The molecule has 0 saturated carbocycles. The molecule has 2 unspecified atom stereocenters. The lowest BCUT2D eigenvalue weighted by atomic mass is 9.88. The van der Waals surface area contributed by atoms with Crippen molar-refractivity contribution in [2.45, 2.75) is 19.8 Å². The maximum atomic E-state index is 11.6. The third kappa shape index (κ3) is 3.58. The van der Waals surface area contributed by atoms with E-state index in [9.17, 15) is 8.42 Å². The van der Waals surface area contributed by atoms with Gasteiger partial charge in [0.2, 0.25) is 0 Å². The van der Waals surface area contributed by atoms with Gasteiger partial charge in [0, 0.05) is 5.33 Å². The average molecular weight is 331 g/mol. The second-order valence-electron chi connectivity index (χ2n) is 5.27. The first-order valence-electron chi connectivity index (χ1n) is 6.32. The lowest BCUT2D eigenvalue weighted by molar-refractivity contribution is 0.402. The fraction of sp³-hybridized carbons (Fsp3) is 0.571. The van der Waals surface area contributed by atoms with Crippen LogP contribution >= 0.6 is 15.9 Å². The van der Waals surface area contributed by atoms with Crippen molar-refractivity contribution in [3.8, 4) is 0 Å². The summed E-state index contributed by atoms with van der Waals surface area (Å²) in [5.74, 6) is 1.48. The fourth-order valence-electron chi connectivity index (χ4n) is 2.68. The third-order valence-electron chi connectivity index (χ3n) is 3.71. The Morgan fingerprint density at radius 1 is 1.44 bits per heavy atom. The number of hydrogen-bond acceptors (Lipinski definition) is 2. The summed E-state index contributed by atoms with van der Waals surface area (Å²) in [5, 5.41) is 0.876. The Balaban J connectivity index is 2.06. The summed E-state index contributed by atoms with van der Waals surface area (Å²) < 4.78 is 23.1. The van der Waals surface area contributed by atoms with Gasteiger partial charge in [-0.15, -0.1) is 0 Å². The Hall–Kier alpha value is -0.350. The van der Waals surface area contributed by atoms with E-state index in [1.807, 2.05) is 0 Å². The van der Waals surface area contributed by atoms with Gasteiger partial charge in [-0.3, -0.25) is 0 Å². The van der Waals surface area contributed by atoms with Gasteiger partial charge < -0.3 is 0 Å². The summed E-state index contributed by atoms with van der Waals surface area (Å²) in [7, 11) is -2.77. The smallest absolute Gasteiger partial charge is 0.150 e. The zero-order valence-corrected chi connectivity index (χ0v) is 13.0. The van der Waals surface area contributed by atoms with Gasteiger partial charge in [0.05, 0.1) is 11.5 Å². The van der Waals surface area contributed by atoms with E-state index in [2.05, 4.69) is 47.1 Å². The van der Waals surface area contributed by atoms with Crippen LogP contribution in [0, 0.1) is 18.8 Å². The zero-order chi connectivity index (χ0) is 13.2. The van der Waals surface area contributed by atoms with Crippen molar-refractivity contribution < 1.29 is 8.42 Å². The van der Waals surface area contributed by atoms with Crippen LogP contribution in [0.3, 0.4) is 0 Å². The number of rotatable bonds is 4. The number of aryl methyl sites for hydroxylation is 1. The molecule has 0 aromatic heterocycles. The molecule has 1 fully saturated rings. The molecule has 0 aliphatic carbocycles. The van der Waals surface area contributed by atoms with Crippen molar-refractivity contribution >= 4 is 25.8 Å². The summed E-state index contributed by atoms with van der Waals surface area (Å²) in [6, 6.07) is 8.49. The second-order valence-corrected chi connectivity index (χ2v) is 8.15. The number of sulfone groups is 1. The first-order chi connectivity index (χ1) is 8.50. The van der Waals surface area contributed by atoms with Gasteiger partial charge >= 0.3 is 0 Å². The maximum Gasteiger partial charge on any atom is 0.150 e. The van der Waals surface area contributed by atoms with E-state index in [4.69, 9.17) is 0 Å². The highest BCUT2D eigenvalue weighted by atomic mass is 79.9. The molecule has 1 saturated heterocycles. The van der Waals surface area contributed by atoms with Crippen molar-refractivity contribution in [1.29, 1.82) is 0 Å². The molecule has 100 valence electrons. The van der Waals surface area contributed by atoms with Gasteiger partial charge in [-0.25, -0.2) is 8.42 Å². The monoisotopic (exact) mass is 330 g/mol. The molecule has 1 aliphatic heterocycles. The van der Waals surface area contributed by atoms with Crippen molar-refractivity contribution in [3.05, 3.63) is 35.4 Å². The van der Waals surface area contributed by atoms with Gasteiger partial charge in [0.15, 0.2) is 9.84 Å². The van der Waals surface area contributed by atoms with E-state index in [0.29, 0.717) is 23.3 Å². The Bertz CT molecular complexity index is 510. The second kappa shape index (κ2) is 5.74. The Morgan fingerprint density at radius 2 is 2.22 bits per heavy atom. The molecule has 1 heterocycles. The summed E-state index contributed by atoms with van der Waals surface area (Å²) >= 11 is 3.54. The molecule has 0 N–H and O–H groups in total. The number of halogens is 1. The number of alkyl halides is 1. The van der Waals surface area contributed by atoms with Crippen molar-refractivity contribution in [1.82, 2.24) is 0 Å². The molecule has 0 radical (unpaired) electrons. The first-order valence-corrected chi connectivity index (χ1v) is 9.26. The van der Waals surface area contributed by atoms with E-state index < -0.39 is 9.84 Å². The van der Waals surface area contributed by atoms with Gasteiger partial charge in [0.25, 0.3) is 0 Å². The Labute approximate surface area is 118 Å². The van der Waals surface area contributed by atoms with Crippen molar-refractivity contribution in [2.75, 3.05) is 16.8 Å². The first kappa shape index (κ1) is 14.1. The van der Waals surface area contributed by atoms with E-state index >= 15 is 0 Å². The average Bonchev–Trinajstić information content (AvgIpc) is 2.66. The summed E-state index contributed by atoms with van der Waals surface area (Å²) in [6.45, 7) is 2.09. The van der Waals surface area contributed by atoms with Crippen LogP contribution in [0.5, 0.6) is 0 Å². The summed E-state index contributed by atoms with van der Waals surface area (Å²) in [5.41, 5.74) is 2.57. The van der Waals surface area contributed by atoms with Crippen LogP contribution in [0.15, 0.2) is 24.3 Å². The van der Waals surface area contributed by atoms with Crippen LogP contribution in [-0.4, -0.2) is 25.3 Å². The Morgan fingerprint density at radius 3 is 2.78 bits per heavy atom. The van der Waals surface area contributed by atoms with Crippen LogP contribution in [0.2, 0.25) is 0 Å². The molecule has 1 aromatic carbocycles. The lowest BCUT2D eigenvalue weighted by Gasteiger charge is -2.20. The molecule has 0 amide bonds. The molecule has 4 heteroatoms. The molecular weight excluding hydrogens is 312 g/mol.